The van der Waals surface area contributed by atoms with Crippen LogP contribution in [0.2, 0.25) is 0 Å². The number of nitrogens with one attached hydrogen (secondary N) is 4. The van der Waals surface area contributed by atoms with E-state index in [-0.39, 0.29) is 36.8 Å². The topological polar surface area (TPSA) is 146 Å². The van der Waals surface area contributed by atoms with E-state index in [1.165, 1.54) is 0 Å². The van der Waals surface area contributed by atoms with Crippen molar-refractivity contribution in [2.75, 3.05) is 32.8 Å². The van der Waals surface area contributed by atoms with Crippen molar-refractivity contribution in [3.05, 3.63) is 29.8 Å². The largest absolute Gasteiger partial charge is 0.493 e. The van der Waals surface area contributed by atoms with E-state index < -0.39 is 29.8 Å². The zero-order valence-corrected chi connectivity index (χ0v) is 20.6. The lowest BCUT2D eigenvalue weighted by atomic mass is 10.1. The number of amides is 5. The monoisotopic (exact) mass is 501 g/mol. The highest BCUT2D eigenvalue weighted by Gasteiger charge is 2.25. The maximum absolute atomic E-state index is 13.1. The summed E-state index contributed by atoms with van der Waals surface area (Å²) in [6.07, 6.45) is 2.50. The van der Waals surface area contributed by atoms with Crippen LogP contribution < -0.4 is 26.0 Å². The molecule has 1 fully saturated rings. The van der Waals surface area contributed by atoms with Gasteiger partial charge in [0.05, 0.1) is 12.2 Å². The molecule has 0 radical (unpaired) electrons. The SMILES string of the molecule is C[C@@H]1NC(=O)CC[C@@H](C(=O)NCCCN2CCCC2=O)NC(=O)c2ccccc2OCCCNC1=O. The first-order valence-electron chi connectivity index (χ1n) is 12.5. The Morgan fingerprint density at radius 2 is 1.92 bits per heavy atom. The van der Waals surface area contributed by atoms with Gasteiger partial charge < -0.3 is 30.9 Å². The highest BCUT2D eigenvalue weighted by molar-refractivity contribution is 5.99. The molecule has 11 nitrogen and oxygen atoms in total. The van der Waals surface area contributed by atoms with E-state index in [1.54, 1.807) is 36.1 Å². The van der Waals surface area contributed by atoms with Crippen LogP contribution in [0.25, 0.3) is 0 Å². The highest BCUT2D eigenvalue weighted by atomic mass is 16.5. The van der Waals surface area contributed by atoms with Crippen LogP contribution in [-0.2, 0) is 19.2 Å². The van der Waals surface area contributed by atoms with Crippen molar-refractivity contribution in [1.29, 1.82) is 0 Å². The lowest BCUT2D eigenvalue weighted by molar-refractivity contribution is -0.129. The van der Waals surface area contributed by atoms with Crippen LogP contribution in [0.5, 0.6) is 5.75 Å². The Hall–Kier alpha value is -3.63. The normalized spacial score (nSPS) is 22.1. The quantitative estimate of drug-likeness (QED) is 0.421. The third kappa shape index (κ3) is 7.96. The van der Waals surface area contributed by atoms with Gasteiger partial charge in [-0.1, -0.05) is 12.1 Å². The van der Waals surface area contributed by atoms with E-state index in [0.717, 1.165) is 13.0 Å². The molecule has 5 amide bonds. The number of para-hydroxylation sites is 1. The molecule has 2 aliphatic rings. The predicted octanol–water partition coefficient (Wildman–Crippen LogP) is 0.0973. The second-order valence-electron chi connectivity index (χ2n) is 8.97. The van der Waals surface area contributed by atoms with E-state index in [2.05, 4.69) is 21.3 Å². The molecular weight excluding hydrogens is 466 g/mol. The van der Waals surface area contributed by atoms with Gasteiger partial charge in [-0.2, -0.15) is 0 Å². The second-order valence-corrected chi connectivity index (χ2v) is 8.97. The van der Waals surface area contributed by atoms with Crippen molar-refractivity contribution in [1.82, 2.24) is 26.2 Å². The first kappa shape index (κ1) is 27.0. The zero-order chi connectivity index (χ0) is 25.9. The molecule has 0 aliphatic carbocycles. The van der Waals surface area contributed by atoms with Gasteiger partial charge in [0.1, 0.15) is 17.8 Å². The molecule has 0 saturated carbocycles. The minimum atomic E-state index is -0.971. The number of rotatable bonds is 5. The first-order valence-corrected chi connectivity index (χ1v) is 12.5. The number of nitrogens with zero attached hydrogens (tertiary/aromatic N) is 1. The zero-order valence-electron chi connectivity index (χ0n) is 20.6. The van der Waals surface area contributed by atoms with Gasteiger partial charge in [-0.25, -0.2) is 0 Å². The van der Waals surface area contributed by atoms with Gasteiger partial charge in [-0.05, 0) is 44.7 Å². The second kappa shape index (κ2) is 13.5. The number of carbonyl (C=O) groups is 5. The Balaban J connectivity index is 1.67. The standard InChI is InChI=1S/C25H35N5O6/c1-17-23(33)26-13-6-16-36-20-8-3-2-7-18(20)24(34)29-19(10-11-21(31)28-17)25(35)27-12-5-15-30-14-4-9-22(30)32/h2-3,7-8,17,19H,4-6,9-16H2,1H3,(H,26,33)(H,27,35)(H,28,31)(H,29,34)/t17-,19-/m0/s1. The fourth-order valence-corrected chi connectivity index (χ4v) is 4.10. The molecule has 11 heteroatoms. The molecule has 1 saturated heterocycles. The minimum Gasteiger partial charge on any atom is -0.493 e. The molecule has 2 heterocycles. The van der Waals surface area contributed by atoms with Crippen LogP contribution >= 0.6 is 0 Å². The molecule has 0 bridgehead atoms. The fourth-order valence-electron chi connectivity index (χ4n) is 4.10. The molecule has 196 valence electrons. The summed E-state index contributed by atoms with van der Waals surface area (Å²) in [5.74, 6) is -1.12. The summed E-state index contributed by atoms with van der Waals surface area (Å²) < 4.78 is 5.76. The Bertz CT molecular complexity index is 968. The average Bonchev–Trinajstić information content (AvgIpc) is 3.27. The van der Waals surface area contributed by atoms with E-state index >= 15 is 0 Å². The molecule has 2 aliphatic heterocycles. The van der Waals surface area contributed by atoms with Crippen molar-refractivity contribution in [2.45, 2.75) is 57.5 Å². The Morgan fingerprint density at radius 1 is 1.11 bits per heavy atom. The maximum atomic E-state index is 13.1. The fraction of sp³-hybridized carbons (Fsp3) is 0.560. The summed E-state index contributed by atoms with van der Waals surface area (Å²) in [4.78, 5) is 64.2. The molecule has 2 atom stereocenters. The number of carbonyl (C=O) groups excluding carboxylic acids is 5. The van der Waals surface area contributed by atoms with Gasteiger partial charge in [0.25, 0.3) is 5.91 Å². The molecule has 36 heavy (non-hydrogen) atoms. The summed E-state index contributed by atoms with van der Waals surface area (Å²) in [5, 5.41) is 10.9. The summed E-state index contributed by atoms with van der Waals surface area (Å²) in [6, 6.07) is 5.01. The van der Waals surface area contributed by atoms with Crippen molar-refractivity contribution in [3.63, 3.8) is 0 Å². The minimum absolute atomic E-state index is 0.0470. The van der Waals surface area contributed by atoms with Crippen LogP contribution in [0.15, 0.2) is 24.3 Å². The van der Waals surface area contributed by atoms with Gasteiger partial charge in [-0.15, -0.1) is 0 Å². The maximum Gasteiger partial charge on any atom is 0.255 e. The number of hydrogen-bond acceptors (Lipinski definition) is 6. The van der Waals surface area contributed by atoms with E-state index in [9.17, 15) is 24.0 Å². The summed E-state index contributed by atoms with van der Waals surface area (Å²) in [5.41, 5.74) is 0.275. The van der Waals surface area contributed by atoms with Crippen LogP contribution in [-0.4, -0.2) is 79.3 Å². The van der Waals surface area contributed by atoms with Gasteiger partial charge in [0.15, 0.2) is 0 Å². The van der Waals surface area contributed by atoms with Crippen LogP contribution in [0.3, 0.4) is 0 Å². The summed E-state index contributed by atoms with van der Waals surface area (Å²) in [6.45, 7) is 3.84. The average molecular weight is 502 g/mol. The van der Waals surface area contributed by atoms with E-state index in [0.29, 0.717) is 44.6 Å². The van der Waals surface area contributed by atoms with Gasteiger partial charge in [0.2, 0.25) is 23.6 Å². The van der Waals surface area contributed by atoms with Gasteiger partial charge in [-0.3, -0.25) is 24.0 Å². The van der Waals surface area contributed by atoms with Crippen molar-refractivity contribution >= 4 is 29.5 Å². The van der Waals surface area contributed by atoms with E-state index in [4.69, 9.17) is 4.74 Å². The Morgan fingerprint density at radius 3 is 2.69 bits per heavy atom. The van der Waals surface area contributed by atoms with Gasteiger partial charge >= 0.3 is 0 Å². The summed E-state index contributed by atoms with van der Waals surface area (Å²) in [7, 11) is 0. The first-order chi connectivity index (χ1) is 17.3. The third-order valence-electron chi connectivity index (χ3n) is 6.14. The number of likely N-dealkylation sites (tertiary alicyclic amines) is 1. The molecule has 4 N–H and O–H groups in total. The lowest BCUT2D eigenvalue weighted by Gasteiger charge is -2.21. The summed E-state index contributed by atoms with van der Waals surface area (Å²) >= 11 is 0. The predicted molar refractivity (Wildman–Crippen MR) is 131 cm³/mol. The number of ether oxygens (including phenoxy) is 1. The Labute approximate surface area is 210 Å². The molecule has 0 aromatic heterocycles. The molecular formula is C25H35N5O6. The number of hydrogen-bond donors (Lipinski definition) is 4. The lowest BCUT2D eigenvalue weighted by Crippen LogP contribution is -2.49. The molecule has 1 aromatic rings. The van der Waals surface area contributed by atoms with Crippen molar-refractivity contribution in [2.24, 2.45) is 0 Å². The molecule has 0 unspecified atom stereocenters. The van der Waals surface area contributed by atoms with Gasteiger partial charge in [0, 0.05) is 39.0 Å². The van der Waals surface area contributed by atoms with Crippen molar-refractivity contribution < 1.29 is 28.7 Å². The number of fused-ring (bicyclic) bond motifs is 1. The van der Waals surface area contributed by atoms with Crippen molar-refractivity contribution in [3.8, 4) is 5.75 Å². The molecule has 0 spiro atoms. The molecule has 1 aromatic carbocycles. The third-order valence-corrected chi connectivity index (χ3v) is 6.14. The van der Waals surface area contributed by atoms with Crippen LogP contribution in [0.4, 0.5) is 0 Å². The van der Waals surface area contributed by atoms with Crippen LogP contribution in [0.1, 0.15) is 55.8 Å². The van der Waals surface area contributed by atoms with E-state index in [1.807, 2.05) is 0 Å². The van der Waals surface area contributed by atoms with Crippen LogP contribution in [0, 0.1) is 0 Å². The number of benzene rings is 1. The Kier molecular flexibility index (Phi) is 10.1. The highest BCUT2D eigenvalue weighted by Crippen LogP contribution is 2.18. The smallest absolute Gasteiger partial charge is 0.255 e. The molecule has 3 rings (SSSR count).